The highest BCUT2D eigenvalue weighted by Crippen LogP contribution is 2.29. The highest BCUT2D eigenvalue weighted by molar-refractivity contribution is 5.14. The Kier molecular flexibility index (Phi) is 5.28. The third-order valence-corrected chi connectivity index (χ3v) is 4.21. The molecule has 0 radical (unpaired) electrons. The van der Waals surface area contributed by atoms with Crippen molar-refractivity contribution >= 4 is 0 Å². The highest BCUT2D eigenvalue weighted by Gasteiger charge is 2.24. The van der Waals surface area contributed by atoms with E-state index in [9.17, 15) is 9.50 Å². The van der Waals surface area contributed by atoms with E-state index in [-0.39, 0.29) is 18.5 Å². The predicted octanol–water partition coefficient (Wildman–Crippen LogP) is 2.67. The summed E-state index contributed by atoms with van der Waals surface area (Å²) in [6.07, 6.45) is 7.69. The van der Waals surface area contributed by atoms with E-state index >= 15 is 0 Å². The van der Waals surface area contributed by atoms with Gasteiger partial charge in [0.2, 0.25) is 0 Å². The van der Waals surface area contributed by atoms with Crippen molar-refractivity contribution in [3.05, 3.63) is 29.8 Å². The summed E-state index contributed by atoms with van der Waals surface area (Å²) < 4.78 is 13.1. The molecule has 0 amide bonds. The maximum Gasteiger partial charge on any atom is 0.141 e. The molecule has 2 N–H and O–H groups in total. The molecule has 0 bridgehead atoms. The van der Waals surface area contributed by atoms with Crippen LogP contribution in [0.15, 0.2) is 18.5 Å². The molecule has 1 aliphatic rings. The summed E-state index contributed by atoms with van der Waals surface area (Å²) in [5.74, 6) is 0.652. The lowest BCUT2D eigenvalue weighted by Gasteiger charge is -2.31. The van der Waals surface area contributed by atoms with Crippen molar-refractivity contribution in [2.75, 3.05) is 13.2 Å². The number of aliphatic hydroxyl groups excluding tert-OH is 1. The lowest BCUT2D eigenvalue weighted by atomic mass is 9.79. The zero-order valence-electron chi connectivity index (χ0n) is 11.5. The van der Waals surface area contributed by atoms with Gasteiger partial charge in [-0.2, -0.15) is 0 Å². The first-order chi connectivity index (χ1) is 9.20. The standard InChI is InChI=1S/C15H23FN2O/c1-11(14-6-15(16)9-17-7-14)18-8-12-4-2-3-5-13(12)10-19/h6-7,9,11-13,18-19H,2-5,8,10H2,1H3. The molecule has 4 heteroatoms. The number of aliphatic hydroxyl groups is 1. The second-order valence-electron chi connectivity index (χ2n) is 5.55. The third-order valence-electron chi connectivity index (χ3n) is 4.21. The van der Waals surface area contributed by atoms with Crippen LogP contribution in [0.1, 0.15) is 44.2 Å². The van der Waals surface area contributed by atoms with Crippen molar-refractivity contribution in [2.24, 2.45) is 11.8 Å². The Bertz CT molecular complexity index is 399. The number of nitrogens with zero attached hydrogens (tertiary/aromatic N) is 1. The van der Waals surface area contributed by atoms with E-state index in [1.807, 2.05) is 6.92 Å². The van der Waals surface area contributed by atoms with E-state index in [0.717, 1.165) is 18.5 Å². The fraction of sp³-hybridized carbons (Fsp3) is 0.667. The normalized spacial score (nSPS) is 25.2. The largest absolute Gasteiger partial charge is 0.396 e. The van der Waals surface area contributed by atoms with Gasteiger partial charge in [0.15, 0.2) is 0 Å². The zero-order chi connectivity index (χ0) is 13.7. The summed E-state index contributed by atoms with van der Waals surface area (Å²) in [5, 5.41) is 12.8. The first kappa shape index (κ1) is 14.4. The van der Waals surface area contributed by atoms with Crippen LogP contribution >= 0.6 is 0 Å². The summed E-state index contributed by atoms with van der Waals surface area (Å²) in [7, 11) is 0. The van der Waals surface area contributed by atoms with Crippen molar-refractivity contribution in [1.82, 2.24) is 10.3 Å². The minimum Gasteiger partial charge on any atom is -0.396 e. The lowest BCUT2D eigenvalue weighted by Crippen LogP contribution is -2.33. The van der Waals surface area contributed by atoms with Gasteiger partial charge in [0.05, 0.1) is 6.20 Å². The number of hydrogen-bond donors (Lipinski definition) is 2. The van der Waals surface area contributed by atoms with Gasteiger partial charge in [-0.05, 0) is 49.8 Å². The molecule has 1 aliphatic carbocycles. The third kappa shape index (κ3) is 3.98. The smallest absolute Gasteiger partial charge is 0.141 e. The quantitative estimate of drug-likeness (QED) is 0.861. The Labute approximate surface area is 114 Å². The van der Waals surface area contributed by atoms with Gasteiger partial charge in [-0.3, -0.25) is 4.98 Å². The Morgan fingerprint density at radius 1 is 1.37 bits per heavy atom. The molecule has 3 nitrogen and oxygen atoms in total. The Morgan fingerprint density at radius 3 is 2.79 bits per heavy atom. The van der Waals surface area contributed by atoms with Crippen LogP contribution in [0.2, 0.25) is 0 Å². The first-order valence-corrected chi connectivity index (χ1v) is 7.15. The van der Waals surface area contributed by atoms with Crippen LogP contribution in [0.4, 0.5) is 4.39 Å². The molecule has 1 heterocycles. The minimum atomic E-state index is -0.294. The molecule has 3 atom stereocenters. The summed E-state index contributed by atoms with van der Waals surface area (Å²) in [4.78, 5) is 3.88. The van der Waals surface area contributed by atoms with Crippen LogP contribution in [0.5, 0.6) is 0 Å². The van der Waals surface area contributed by atoms with Crippen LogP contribution in [-0.2, 0) is 0 Å². The SMILES string of the molecule is CC(NCC1CCCCC1CO)c1cncc(F)c1. The topological polar surface area (TPSA) is 45.1 Å². The van der Waals surface area contributed by atoms with Gasteiger partial charge >= 0.3 is 0 Å². The average Bonchev–Trinajstić information content (AvgIpc) is 2.45. The van der Waals surface area contributed by atoms with E-state index in [1.165, 1.54) is 31.5 Å². The van der Waals surface area contributed by atoms with Gasteiger partial charge in [-0.1, -0.05) is 12.8 Å². The molecular weight excluding hydrogens is 243 g/mol. The van der Waals surface area contributed by atoms with Crippen LogP contribution in [-0.4, -0.2) is 23.2 Å². The van der Waals surface area contributed by atoms with Gasteiger partial charge in [0, 0.05) is 18.8 Å². The predicted molar refractivity (Wildman–Crippen MR) is 73.1 cm³/mol. The Balaban J connectivity index is 1.87. The van der Waals surface area contributed by atoms with E-state index in [2.05, 4.69) is 10.3 Å². The molecule has 1 aromatic rings. The highest BCUT2D eigenvalue weighted by atomic mass is 19.1. The van der Waals surface area contributed by atoms with Crippen LogP contribution in [0, 0.1) is 17.7 Å². The summed E-state index contributed by atoms with van der Waals surface area (Å²) in [6.45, 7) is 3.18. The number of pyridine rings is 1. The molecule has 1 saturated carbocycles. The van der Waals surface area contributed by atoms with Gasteiger partial charge in [0.1, 0.15) is 5.82 Å². The van der Waals surface area contributed by atoms with Crippen molar-refractivity contribution < 1.29 is 9.50 Å². The molecule has 1 aromatic heterocycles. The van der Waals surface area contributed by atoms with E-state index in [1.54, 1.807) is 6.20 Å². The molecule has 0 aliphatic heterocycles. The van der Waals surface area contributed by atoms with Crippen LogP contribution in [0.3, 0.4) is 0 Å². The van der Waals surface area contributed by atoms with Crippen molar-refractivity contribution in [3.8, 4) is 0 Å². The minimum absolute atomic E-state index is 0.0875. The molecule has 19 heavy (non-hydrogen) atoms. The second-order valence-corrected chi connectivity index (χ2v) is 5.55. The monoisotopic (exact) mass is 266 g/mol. The Hall–Kier alpha value is -1.00. The average molecular weight is 266 g/mol. The molecule has 0 aromatic carbocycles. The summed E-state index contributed by atoms with van der Waals surface area (Å²) in [6, 6.07) is 1.61. The number of rotatable bonds is 5. The molecule has 1 fully saturated rings. The number of nitrogens with one attached hydrogen (secondary N) is 1. The van der Waals surface area contributed by atoms with Crippen LogP contribution < -0.4 is 5.32 Å². The van der Waals surface area contributed by atoms with Gasteiger partial charge in [-0.15, -0.1) is 0 Å². The molecule has 106 valence electrons. The lowest BCUT2D eigenvalue weighted by molar-refractivity contribution is 0.131. The zero-order valence-corrected chi connectivity index (χ0v) is 11.5. The number of aromatic nitrogens is 1. The summed E-state index contributed by atoms with van der Waals surface area (Å²) in [5.41, 5.74) is 0.872. The fourth-order valence-corrected chi connectivity index (χ4v) is 2.90. The van der Waals surface area contributed by atoms with Crippen molar-refractivity contribution in [2.45, 2.75) is 38.6 Å². The molecular formula is C15H23FN2O. The molecule has 0 spiro atoms. The molecule has 0 saturated heterocycles. The number of halogens is 1. The molecule has 3 unspecified atom stereocenters. The van der Waals surface area contributed by atoms with Gasteiger partial charge in [-0.25, -0.2) is 4.39 Å². The fourth-order valence-electron chi connectivity index (χ4n) is 2.90. The van der Waals surface area contributed by atoms with Crippen LogP contribution in [0.25, 0.3) is 0 Å². The van der Waals surface area contributed by atoms with Gasteiger partial charge in [0.25, 0.3) is 0 Å². The maximum absolute atomic E-state index is 13.1. The maximum atomic E-state index is 13.1. The summed E-state index contributed by atoms with van der Waals surface area (Å²) >= 11 is 0. The van der Waals surface area contributed by atoms with E-state index in [4.69, 9.17) is 0 Å². The first-order valence-electron chi connectivity index (χ1n) is 7.15. The van der Waals surface area contributed by atoms with Gasteiger partial charge < -0.3 is 10.4 Å². The number of hydrogen-bond acceptors (Lipinski definition) is 3. The van der Waals surface area contributed by atoms with E-state index in [0.29, 0.717) is 11.8 Å². The molecule has 2 rings (SSSR count). The van der Waals surface area contributed by atoms with Crippen molar-refractivity contribution in [3.63, 3.8) is 0 Å². The van der Waals surface area contributed by atoms with E-state index < -0.39 is 0 Å². The second kappa shape index (κ2) is 6.96. The van der Waals surface area contributed by atoms with Crippen molar-refractivity contribution in [1.29, 1.82) is 0 Å². The Morgan fingerprint density at radius 2 is 2.11 bits per heavy atom.